The molecule has 4 nitrogen and oxygen atoms in total. The van der Waals surface area contributed by atoms with E-state index in [0.29, 0.717) is 5.92 Å². The van der Waals surface area contributed by atoms with Crippen molar-refractivity contribution in [2.45, 2.75) is 31.7 Å². The molecule has 2 rings (SSSR count). The third-order valence-corrected chi connectivity index (χ3v) is 3.93. The topological polar surface area (TPSA) is 59.2 Å². The molecule has 18 heavy (non-hydrogen) atoms. The van der Waals surface area contributed by atoms with Crippen molar-refractivity contribution in [3.05, 3.63) is 16.6 Å². The normalized spacial score (nSPS) is 17.6. The third kappa shape index (κ3) is 4.09. The number of rotatable bonds is 2. The molecule has 0 unspecified atom stereocenters. The Morgan fingerprint density at radius 2 is 2.11 bits per heavy atom. The zero-order valence-corrected chi connectivity index (χ0v) is 12.7. The highest BCUT2D eigenvalue weighted by Crippen LogP contribution is 2.29. The van der Waals surface area contributed by atoms with Crippen molar-refractivity contribution in [1.82, 2.24) is 9.88 Å². The van der Waals surface area contributed by atoms with E-state index in [-0.39, 0.29) is 36.8 Å². The van der Waals surface area contributed by atoms with Crippen molar-refractivity contribution in [3.63, 3.8) is 0 Å². The van der Waals surface area contributed by atoms with E-state index in [1.165, 1.54) is 5.01 Å². The molecule has 0 saturated carbocycles. The molecule has 1 saturated heterocycles. The molecule has 1 aromatic rings. The summed E-state index contributed by atoms with van der Waals surface area (Å²) >= 11 is 1.71. The fraction of sp³-hybridized carbons (Fsp3) is 0.636. The summed E-state index contributed by atoms with van der Waals surface area (Å²) in [5, 5.41) is 3.21. The number of likely N-dealkylation sites (tertiary alicyclic amines) is 1. The van der Waals surface area contributed by atoms with E-state index in [4.69, 9.17) is 5.73 Å². The van der Waals surface area contributed by atoms with Gasteiger partial charge in [-0.05, 0) is 19.8 Å². The average molecular weight is 312 g/mol. The summed E-state index contributed by atoms with van der Waals surface area (Å²) in [5.74, 6) is 0.592. The summed E-state index contributed by atoms with van der Waals surface area (Å²) in [6.45, 7) is 3.37. The van der Waals surface area contributed by atoms with Crippen molar-refractivity contribution in [3.8, 4) is 0 Å². The van der Waals surface area contributed by atoms with E-state index >= 15 is 0 Å². The Morgan fingerprint density at radius 1 is 1.50 bits per heavy atom. The number of halogens is 2. The van der Waals surface area contributed by atoms with E-state index in [1.54, 1.807) is 18.3 Å². The fourth-order valence-electron chi connectivity index (χ4n) is 2.07. The fourth-order valence-corrected chi connectivity index (χ4v) is 2.88. The third-order valence-electron chi connectivity index (χ3n) is 3.00. The van der Waals surface area contributed by atoms with Gasteiger partial charge < -0.3 is 10.6 Å². The first-order valence-corrected chi connectivity index (χ1v) is 6.50. The molecule has 0 aromatic carbocycles. The quantitative estimate of drug-likeness (QED) is 0.909. The van der Waals surface area contributed by atoms with Gasteiger partial charge in [-0.15, -0.1) is 36.2 Å². The van der Waals surface area contributed by atoms with Crippen molar-refractivity contribution in [1.29, 1.82) is 0 Å². The standard InChI is InChI=1S/C11H17N3OS.2ClH/c1-8(12)11(15)14-5-2-9(3-6-14)10-13-4-7-16-10;;/h4,7-9H,2-3,5-6,12H2,1H3;2*1H/t8-;;/m1../s1. The minimum absolute atomic E-state index is 0. The largest absolute Gasteiger partial charge is 0.341 e. The van der Waals surface area contributed by atoms with Crippen LogP contribution in [0.15, 0.2) is 11.6 Å². The smallest absolute Gasteiger partial charge is 0.239 e. The van der Waals surface area contributed by atoms with Crippen LogP contribution in [0.1, 0.15) is 30.7 Å². The highest BCUT2D eigenvalue weighted by molar-refractivity contribution is 7.09. The number of piperidine rings is 1. The van der Waals surface area contributed by atoms with Gasteiger partial charge in [0.1, 0.15) is 0 Å². The molecule has 0 radical (unpaired) electrons. The van der Waals surface area contributed by atoms with Gasteiger partial charge in [0, 0.05) is 30.6 Å². The molecule has 104 valence electrons. The lowest BCUT2D eigenvalue weighted by molar-refractivity contribution is -0.133. The summed E-state index contributed by atoms with van der Waals surface area (Å²) in [4.78, 5) is 17.9. The van der Waals surface area contributed by atoms with E-state index in [2.05, 4.69) is 4.98 Å². The lowest BCUT2D eigenvalue weighted by Gasteiger charge is -2.32. The zero-order chi connectivity index (χ0) is 11.5. The predicted molar refractivity (Wildman–Crippen MR) is 78.8 cm³/mol. The first-order valence-electron chi connectivity index (χ1n) is 5.62. The van der Waals surface area contributed by atoms with Gasteiger partial charge in [0.15, 0.2) is 0 Å². The molecular formula is C11H19Cl2N3OS. The summed E-state index contributed by atoms with van der Waals surface area (Å²) in [7, 11) is 0. The second-order valence-electron chi connectivity index (χ2n) is 4.26. The molecule has 1 atom stereocenters. The number of nitrogens with zero attached hydrogens (tertiary/aromatic N) is 2. The predicted octanol–water partition coefficient (Wildman–Crippen LogP) is 2.04. The van der Waals surface area contributed by atoms with Crippen LogP contribution in [0.4, 0.5) is 0 Å². The minimum atomic E-state index is -0.378. The van der Waals surface area contributed by atoms with Crippen LogP contribution in [-0.4, -0.2) is 34.9 Å². The van der Waals surface area contributed by atoms with Crippen LogP contribution in [0.3, 0.4) is 0 Å². The highest BCUT2D eigenvalue weighted by atomic mass is 35.5. The van der Waals surface area contributed by atoms with Crippen LogP contribution in [0.5, 0.6) is 0 Å². The molecule has 1 aliphatic heterocycles. The number of thiazole rings is 1. The van der Waals surface area contributed by atoms with Crippen molar-refractivity contribution in [2.75, 3.05) is 13.1 Å². The second-order valence-corrected chi connectivity index (χ2v) is 5.18. The molecule has 0 spiro atoms. The Morgan fingerprint density at radius 3 is 2.56 bits per heavy atom. The van der Waals surface area contributed by atoms with Gasteiger partial charge in [-0.25, -0.2) is 4.98 Å². The molecule has 7 heteroatoms. The Labute approximate surface area is 124 Å². The number of nitrogens with two attached hydrogens (primary N) is 1. The monoisotopic (exact) mass is 311 g/mol. The summed E-state index contributed by atoms with van der Waals surface area (Å²) in [6, 6.07) is -0.378. The van der Waals surface area contributed by atoms with Crippen molar-refractivity contribution in [2.24, 2.45) is 5.73 Å². The number of hydrogen-bond acceptors (Lipinski definition) is 4. The van der Waals surface area contributed by atoms with Gasteiger partial charge >= 0.3 is 0 Å². The first-order chi connectivity index (χ1) is 7.68. The van der Waals surface area contributed by atoms with Crippen molar-refractivity contribution >= 4 is 42.1 Å². The van der Waals surface area contributed by atoms with Gasteiger partial charge in [0.2, 0.25) is 5.91 Å². The summed E-state index contributed by atoms with van der Waals surface area (Å²) < 4.78 is 0. The molecule has 1 aliphatic rings. The van der Waals surface area contributed by atoms with Gasteiger partial charge in [-0.2, -0.15) is 0 Å². The molecular weight excluding hydrogens is 293 g/mol. The Hall–Kier alpha value is -0.360. The van der Waals surface area contributed by atoms with E-state index in [0.717, 1.165) is 25.9 Å². The average Bonchev–Trinajstić information content (AvgIpc) is 2.81. The van der Waals surface area contributed by atoms with Crippen LogP contribution in [0.25, 0.3) is 0 Å². The van der Waals surface area contributed by atoms with Gasteiger partial charge in [0.25, 0.3) is 0 Å². The minimum Gasteiger partial charge on any atom is -0.341 e. The van der Waals surface area contributed by atoms with Crippen LogP contribution < -0.4 is 5.73 Å². The summed E-state index contributed by atoms with van der Waals surface area (Å²) in [6.07, 6.45) is 3.86. The van der Waals surface area contributed by atoms with Crippen LogP contribution in [0, 0.1) is 0 Å². The number of aromatic nitrogens is 1. The first kappa shape index (κ1) is 17.6. The SMILES string of the molecule is C[C@@H](N)C(=O)N1CCC(c2nccs2)CC1.Cl.Cl. The maximum absolute atomic E-state index is 11.7. The Kier molecular flexibility index (Phi) is 7.78. The number of amides is 1. The zero-order valence-electron chi connectivity index (χ0n) is 10.2. The molecule has 2 N–H and O–H groups in total. The molecule has 1 amide bonds. The van der Waals surface area contributed by atoms with E-state index in [9.17, 15) is 4.79 Å². The van der Waals surface area contributed by atoms with Gasteiger partial charge in [0.05, 0.1) is 11.0 Å². The van der Waals surface area contributed by atoms with E-state index < -0.39 is 0 Å². The van der Waals surface area contributed by atoms with E-state index in [1.807, 2.05) is 16.5 Å². The molecule has 0 aliphatic carbocycles. The number of carbonyl (C=O) groups excluding carboxylic acids is 1. The lowest BCUT2D eigenvalue weighted by atomic mass is 9.97. The highest BCUT2D eigenvalue weighted by Gasteiger charge is 2.26. The van der Waals surface area contributed by atoms with Gasteiger partial charge in [-0.3, -0.25) is 4.79 Å². The maximum atomic E-state index is 11.7. The molecule has 1 fully saturated rings. The Balaban J connectivity index is 0.00000144. The second kappa shape index (κ2) is 7.94. The Bertz CT molecular complexity index is 351. The molecule has 2 heterocycles. The number of carbonyl (C=O) groups is 1. The number of hydrogen-bond donors (Lipinski definition) is 1. The van der Waals surface area contributed by atoms with Crippen LogP contribution >= 0.6 is 36.2 Å². The molecule has 1 aromatic heterocycles. The maximum Gasteiger partial charge on any atom is 0.239 e. The lowest BCUT2D eigenvalue weighted by Crippen LogP contribution is -2.45. The van der Waals surface area contributed by atoms with Crippen molar-refractivity contribution < 1.29 is 4.79 Å². The molecule has 0 bridgehead atoms. The van der Waals surface area contributed by atoms with Crippen LogP contribution in [0.2, 0.25) is 0 Å². The van der Waals surface area contributed by atoms with Crippen LogP contribution in [-0.2, 0) is 4.79 Å². The summed E-state index contributed by atoms with van der Waals surface area (Å²) in [5.41, 5.74) is 5.59. The van der Waals surface area contributed by atoms with Gasteiger partial charge in [-0.1, -0.05) is 0 Å².